The van der Waals surface area contributed by atoms with Crippen LogP contribution in [0.15, 0.2) is 36.7 Å². The highest BCUT2D eigenvalue weighted by Gasteiger charge is 2.53. The van der Waals surface area contributed by atoms with Crippen LogP contribution < -0.4 is 4.74 Å². The van der Waals surface area contributed by atoms with Crippen molar-refractivity contribution in [1.82, 2.24) is 14.9 Å². The van der Waals surface area contributed by atoms with E-state index in [9.17, 15) is 4.79 Å². The zero-order valence-electron chi connectivity index (χ0n) is 15.3. The van der Waals surface area contributed by atoms with Crippen LogP contribution in [0, 0.1) is 6.92 Å². The van der Waals surface area contributed by atoms with Crippen LogP contribution in [-0.2, 0) is 4.74 Å². The van der Waals surface area contributed by atoms with Gasteiger partial charge in [-0.2, -0.15) is 0 Å². The normalized spacial score (nSPS) is 28.0. The summed E-state index contributed by atoms with van der Waals surface area (Å²) in [5.74, 6) is 0.714. The van der Waals surface area contributed by atoms with Crippen molar-refractivity contribution in [3.8, 4) is 5.88 Å². The summed E-state index contributed by atoms with van der Waals surface area (Å²) in [6.45, 7) is 2.65. The van der Waals surface area contributed by atoms with Gasteiger partial charge in [0.15, 0.2) is 0 Å². The summed E-state index contributed by atoms with van der Waals surface area (Å²) in [6.07, 6.45) is 7.03. The van der Waals surface area contributed by atoms with E-state index in [-0.39, 0.29) is 23.7 Å². The van der Waals surface area contributed by atoms with Crippen LogP contribution in [0.1, 0.15) is 41.7 Å². The summed E-state index contributed by atoms with van der Waals surface area (Å²) in [6, 6.07) is 7.55. The van der Waals surface area contributed by atoms with Gasteiger partial charge < -0.3 is 19.4 Å². The van der Waals surface area contributed by atoms with Crippen LogP contribution >= 0.6 is 0 Å². The van der Waals surface area contributed by atoms with Crippen molar-refractivity contribution < 1.29 is 14.3 Å². The fourth-order valence-corrected chi connectivity index (χ4v) is 4.44. The van der Waals surface area contributed by atoms with Crippen molar-refractivity contribution >= 4 is 5.91 Å². The summed E-state index contributed by atoms with van der Waals surface area (Å²) in [4.78, 5) is 22.4. The molecule has 1 saturated carbocycles. The van der Waals surface area contributed by atoms with Crippen LogP contribution in [-0.4, -0.2) is 52.2 Å². The quantitative estimate of drug-likeness (QED) is 0.916. The molecule has 138 valence electrons. The maximum atomic E-state index is 13.1. The maximum absolute atomic E-state index is 13.1. The van der Waals surface area contributed by atoms with Crippen molar-refractivity contribution in [1.29, 1.82) is 0 Å². The minimum Gasteiger partial charge on any atom is -0.474 e. The minimum atomic E-state index is -0.260. The lowest BCUT2D eigenvalue weighted by molar-refractivity contribution is -0.0788. The van der Waals surface area contributed by atoms with E-state index >= 15 is 0 Å². The molecule has 3 heterocycles. The third-order valence-corrected chi connectivity index (χ3v) is 5.91. The number of methoxy groups -OCH3 is 1. The van der Waals surface area contributed by atoms with Gasteiger partial charge in [0.1, 0.15) is 6.10 Å². The first-order chi connectivity index (χ1) is 12.6. The first-order valence-corrected chi connectivity index (χ1v) is 9.21. The van der Waals surface area contributed by atoms with Gasteiger partial charge in [-0.3, -0.25) is 4.79 Å². The third kappa shape index (κ3) is 2.88. The highest BCUT2D eigenvalue weighted by molar-refractivity contribution is 5.95. The number of aryl methyl sites for hydroxylation is 1. The lowest BCUT2D eigenvalue weighted by Crippen LogP contribution is -2.53. The van der Waals surface area contributed by atoms with Gasteiger partial charge in [0.25, 0.3) is 5.91 Å². The lowest BCUT2D eigenvalue weighted by Gasteiger charge is -2.43. The maximum Gasteiger partial charge on any atom is 0.256 e. The molecule has 0 aromatic carbocycles. The molecule has 1 amide bonds. The number of fused-ring (bicyclic) bond motifs is 1. The third-order valence-electron chi connectivity index (χ3n) is 5.91. The number of ether oxygens (including phenoxy) is 2. The summed E-state index contributed by atoms with van der Waals surface area (Å²) >= 11 is 0. The average Bonchev–Trinajstić information content (AvgIpc) is 3.26. The fraction of sp³-hybridized carbons (Fsp3) is 0.500. The molecule has 0 radical (unpaired) electrons. The number of pyridine rings is 1. The van der Waals surface area contributed by atoms with Gasteiger partial charge in [-0.15, -0.1) is 0 Å². The molecule has 2 aromatic heterocycles. The summed E-state index contributed by atoms with van der Waals surface area (Å²) < 4.78 is 12.0. The Morgan fingerprint density at radius 2 is 2.23 bits per heavy atom. The topological polar surface area (TPSA) is 67.5 Å². The predicted molar refractivity (Wildman–Crippen MR) is 97.2 cm³/mol. The van der Waals surface area contributed by atoms with E-state index in [4.69, 9.17) is 9.47 Å². The number of aromatic nitrogens is 2. The van der Waals surface area contributed by atoms with Crippen molar-refractivity contribution in [3.63, 3.8) is 0 Å². The van der Waals surface area contributed by atoms with Crippen LogP contribution in [0.3, 0.4) is 0 Å². The Hall–Kier alpha value is -2.34. The van der Waals surface area contributed by atoms with Crippen LogP contribution in [0.25, 0.3) is 0 Å². The second kappa shape index (κ2) is 6.76. The highest BCUT2D eigenvalue weighted by atomic mass is 16.5. The summed E-state index contributed by atoms with van der Waals surface area (Å²) in [5.41, 5.74) is 1.39. The summed E-state index contributed by atoms with van der Waals surface area (Å²) in [5, 5.41) is 0. The van der Waals surface area contributed by atoms with Gasteiger partial charge in [0, 0.05) is 44.2 Å². The number of amides is 1. The number of hydrogen-bond donors (Lipinski definition) is 1. The Morgan fingerprint density at radius 3 is 2.92 bits per heavy atom. The molecule has 0 spiro atoms. The summed E-state index contributed by atoms with van der Waals surface area (Å²) in [7, 11) is 1.77. The number of rotatable bonds is 4. The molecule has 26 heavy (non-hydrogen) atoms. The zero-order valence-corrected chi connectivity index (χ0v) is 15.3. The van der Waals surface area contributed by atoms with Crippen LogP contribution in [0.5, 0.6) is 5.88 Å². The van der Waals surface area contributed by atoms with E-state index in [0.29, 0.717) is 5.88 Å². The molecule has 1 saturated heterocycles. The number of nitrogens with one attached hydrogen (secondary N) is 1. The second-order valence-corrected chi connectivity index (χ2v) is 7.23. The molecule has 6 nitrogen and oxygen atoms in total. The fourth-order valence-electron chi connectivity index (χ4n) is 4.44. The standard InChI is InChI=1S/C20H25N3O3/c1-14-16(7-11-21-14)19(24)23-12-9-20(25-2)8-6-15(13-17(20)23)26-18-5-3-4-10-22-18/h3-5,7,10-11,15,17,21H,6,8-9,12-13H2,1-2H3/t15-,17-,20+/m0/s1. The molecule has 2 aliphatic rings. The molecular weight excluding hydrogens is 330 g/mol. The molecule has 6 heteroatoms. The van der Waals surface area contributed by atoms with E-state index < -0.39 is 0 Å². The number of nitrogens with zero attached hydrogens (tertiary/aromatic N) is 2. The number of H-pyrrole nitrogens is 1. The molecule has 1 aliphatic carbocycles. The minimum absolute atomic E-state index is 0.0248. The second-order valence-electron chi connectivity index (χ2n) is 7.23. The van der Waals surface area contributed by atoms with Gasteiger partial charge in [-0.25, -0.2) is 4.98 Å². The van der Waals surface area contributed by atoms with E-state index in [1.807, 2.05) is 42.3 Å². The Labute approximate surface area is 153 Å². The van der Waals surface area contributed by atoms with E-state index in [0.717, 1.165) is 43.5 Å². The van der Waals surface area contributed by atoms with Gasteiger partial charge in [-0.05, 0) is 38.3 Å². The van der Waals surface area contributed by atoms with Crippen molar-refractivity contribution in [2.24, 2.45) is 0 Å². The van der Waals surface area contributed by atoms with Crippen LogP contribution in [0.2, 0.25) is 0 Å². The predicted octanol–water partition coefficient (Wildman–Crippen LogP) is 2.95. The smallest absolute Gasteiger partial charge is 0.256 e. The lowest BCUT2D eigenvalue weighted by atomic mass is 9.79. The van der Waals surface area contributed by atoms with Crippen molar-refractivity contribution in [2.45, 2.75) is 50.4 Å². The first kappa shape index (κ1) is 17.1. The molecule has 0 unspecified atom stereocenters. The van der Waals surface area contributed by atoms with Gasteiger partial charge in [0.05, 0.1) is 17.2 Å². The Bertz CT molecular complexity index is 776. The monoisotopic (exact) mass is 355 g/mol. The SMILES string of the molecule is CO[C@@]12CC[C@H](Oc3ccccn3)C[C@@H]1N(C(=O)c1cc[nH]c1C)CC2. The number of carbonyl (C=O) groups is 1. The number of carbonyl (C=O) groups excluding carboxylic acids is 1. The Morgan fingerprint density at radius 1 is 1.35 bits per heavy atom. The largest absolute Gasteiger partial charge is 0.474 e. The number of hydrogen-bond acceptors (Lipinski definition) is 4. The van der Waals surface area contributed by atoms with Crippen LogP contribution in [0.4, 0.5) is 0 Å². The molecule has 1 aliphatic heterocycles. The highest BCUT2D eigenvalue weighted by Crippen LogP contribution is 2.43. The van der Waals surface area contributed by atoms with E-state index in [1.54, 1.807) is 13.3 Å². The van der Waals surface area contributed by atoms with Crippen molar-refractivity contribution in [3.05, 3.63) is 47.9 Å². The van der Waals surface area contributed by atoms with Crippen molar-refractivity contribution in [2.75, 3.05) is 13.7 Å². The Balaban J connectivity index is 1.55. The number of aromatic amines is 1. The zero-order chi connectivity index (χ0) is 18.1. The molecule has 2 fully saturated rings. The number of likely N-dealkylation sites (tertiary alicyclic amines) is 1. The molecular formula is C20H25N3O3. The average molecular weight is 355 g/mol. The molecule has 1 N–H and O–H groups in total. The van der Waals surface area contributed by atoms with Gasteiger partial charge in [0.2, 0.25) is 5.88 Å². The van der Waals surface area contributed by atoms with E-state index in [2.05, 4.69) is 9.97 Å². The molecule has 3 atom stereocenters. The molecule has 0 bridgehead atoms. The Kier molecular flexibility index (Phi) is 4.44. The molecule has 2 aromatic rings. The van der Waals surface area contributed by atoms with Gasteiger partial charge in [-0.1, -0.05) is 6.07 Å². The van der Waals surface area contributed by atoms with E-state index in [1.165, 1.54) is 0 Å². The molecule has 4 rings (SSSR count). The first-order valence-electron chi connectivity index (χ1n) is 9.21. The van der Waals surface area contributed by atoms with Gasteiger partial charge >= 0.3 is 0 Å².